The minimum atomic E-state index is -2.29. The fourth-order valence-corrected chi connectivity index (χ4v) is 1.19. The Morgan fingerprint density at radius 3 is 2.25 bits per heavy atom. The van der Waals surface area contributed by atoms with Gasteiger partial charge in [0.05, 0.1) is 0 Å². The average Bonchev–Trinajstić information content (AvgIpc) is 2.05. The first-order valence-corrected chi connectivity index (χ1v) is 4.83. The van der Waals surface area contributed by atoms with E-state index < -0.39 is 8.60 Å². The molecule has 0 heterocycles. The molecule has 1 aromatic rings. The van der Waals surface area contributed by atoms with Crippen molar-refractivity contribution in [3.63, 3.8) is 0 Å². The van der Waals surface area contributed by atoms with Crippen LogP contribution in [0.5, 0.6) is 5.75 Å². The SMILES string of the molecule is CCc1ccc(OP(O)O)cc1. The Hall–Kier alpha value is -0.630. The molecular weight excluding hydrogens is 175 g/mol. The summed E-state index contributed by atoms with van der Waals surface area (Å²) >= 11 is 0. The first-order valence-electron chi connectivity index (χ1n) is 3.67. The summed E-state index contributed by atoms with van der Waals surface area (Å²) < 4.78 is 4.69. The van der Waals surface area contributed by atoms with Crippen molar-refractivity contribution in [3.8, 4) is 5.75 Å². The highest BCUT2D eigenvalue weighted by Gasteiger charge is 2.00. The van der Waals surface area contributed by atoms with Crippen LogP contribution in [0.25, 0.3) is 0 Å². The van der Waals surface area contributed by atoms with E-state index in [1.165, 1.54) is 5.56 Å². The van der Waals surface area contributed by atoms with Crippen molar-refractivity contribution in [2.75, 3.05) is 0 Å². The van der Waals surface area contributed by atoms with Crippen LogP contribution in [0.3, 0.4) is 0 Å². The smallest absolute Gasteiger partial charge is 0.391 e. The summed E-state index contributed by atoms with van der Waals surface area (Å²) in [5.41, 5.74) is 1.20. The first-order chi connectivity index (χ1) is 5.72. The molecule has 66 valence electrons. The Morgan fingerprint density at radius 1 is 1.25 bits per heavy atom. The maximum atomic E-state index is 8.53. The van der Waals surface area contributed by atoms with Gasteiger partial charge in [-0.2, -0.15) is 0 Å². The highest BCUT2D eigenvalue weighted by atomic mass is 31.2. The maximum Gasteiger partial charge on any atom is 0.391 e. The molecule has 0 fully saturated rings. The monoisotopic (exact) mass is 186 g/mol. The van der Waals surface area contributed by atoms with Gasteiger partial charge >= 0.3 is 8.60 Å². The predicted molar refractivity (Wildman–Crippen MR) is 47.8 cm³/mol. The number of rotatable bonds is 3. The van der Waals surface area contributed by atoms with E-state index in [0.717, 1.165) is 6.42 Å². The average molecular weight is 186 g/mol. The normalized spacial score (nSPS) is 10.3. The van der Waals surface area contributed by atoms with Gasteiger partial charge in [-0.15, -0.1) is 0 Å². The van der Waals surface area contributed by atoms with Crippen molar-refractivity contribution in [1.29, 1.82) is 0 Å². The fraction of sp³-hybridized carbons (Fsp3) is 0.250. The van der Waals surface area contributed by atoms with E-state index in [-0.39, 0.29) is 0 Å². The van der Waals surface area contributed by atoms with Crippen molar-refractivity contribution >= 4 is 8.60 Å². The van der Waals surface area contributed by atoms with Crippen LogP contribution in [-0.4, -0.2) is 9.79 Å². The van der Waals surface area contributed by atoms with E-state index >= 15 is 0 Å². The van der Waals surface area contributed by atoms with Gasteiger partial charge in [-0.25, -0.2) is 0 Å². The molecule has 0 atom stereocenters. The predicted octanol–water partition coefficient (Wildman–Crippen LogP) is 1.84. The second-order valence-electron chi connectivity index (χ2n) is 2.34. The van der Waals surface area contributed by atoms with Gasteiger partial charge in [0.1, 0.15) is 5.75 Å². The first kappa shape index (κ1) is 9.46. The van der Waals surface area contributed by atoms with Gasteiger partial charge < -0.3 is 14.3 Å². The minimum absolute atomic E-state index is 0.489. The lowest BCUT2D eigenvalue weighted by Crippen LogP contribution is -1.85. The molecular formula is C8H11O3P. The molecule has 4 heteroatoms. The molecule has 0 unspecified atom stereocenters. The lowest BCUT2D eigenvalue weighted by atomic mass is 10.2. The van der Waals surface area contributed by atoms with Gasteiger partial charge in [-0.3, -0.25) is 0 Å². The van der Waals surface area contributed by atoms with Crippen molar-refractivity contribution in [1.82, 2.24) is 0 Å². The zero-order valence-corrected chi connectivity index (χ0v) is 7.66. The second kappa shape index (κ2) is 4.41. The maximum absolute atomic E-state index is 8.53. The van der Waals surface area contributed by atoms with E-state index in [2.05, 4.69) is 11.4 Å². The van der Waals surface area contributed by atoms with Crippen molar-refractivity contribution in [2.24, 2.45) is 0 Å². The summed E-state index contributed by atoms with van der Waals surface area (Å²) in [6.45, 7) is 2.06. The molecule has 0 saturated heterocycles. The highest BCUT2D eigenvalue weighted by molar-refractivity contribution is 7.39. The van der Waals surface area contributed by atoms with Gasteiger partial charge in [-0.1, -0.05) is 19.1 Å². The Bertz CT molecular complexity index is 233. The molecule has 3 nitrogen and oxygen atoms in total. The number of hydrogen-bond acceptors (Lipinski definition) is 3. The Kier molecular flexibility index (Phi) is 3.48. The Labute approximate surface area is 72.6 Å². The van der Waals surface area contributed by atoms with Crippen LogP contribution in [0.1, 0.15) is 12.5 Å². The molecule has 0 aliphatic carbocycles. The fourth-order valence-electron chi connectivity index (χ4n) is 0.880. The summed E-state index contributed by atoms with van der Waals surface area (Å²) in [5.74, 6) is 0.489. The summed E-state index contributed by atoms with van der Waals surface area (Å²) in [4.78, 5) is 17.1. The zero-order valence-electron chi connectivity index (χ0n) is 6.77. The van der Waals surface area contributed by atoms with E-state index in [1.807, 2.05) is 12.1 Å². The standard InChI is InChI=1S/C8H11O3P/c1-2-7-3-5-8(6-4-7)11-12(9)10/h3-6,9-10H,2H2,1H3. The van der Waals surface area contributed by atoms with Gasteiger partial charge in [0.2, 0.25) is 0 Å². The van der Waals surface area contributed by atoms with Crippen LogP contribution in [0.2, 0.25) is 0 Å². The molecule has 12 heavy (non-hydrogen) atoms. The summed E-state index contributed by atoms with van der Waals surface area (Å²) in [7, 11) is -2.29. The summed E-state index contributed by atoms with van der Waals surface area (Å²) in [5, 5.41) is 0. The Morgan fingerprint density at radius 2 is 1.83 bits per heavy atom. The second-order valence-corrected chi connectivity index (χ2v) is 3.03. The van der Waals surface area contributed by atoms with Crippen LogP contribution in [0.4, 0.5) is 0 Å². The molecule has 0 saturated carbocycles. The highest BCUT2D eigenvalue weighted by Crippen LogP contribution is 2.28. The molecule has 0 bridgehead atoms. The summed E-state index contributed by atoms with van der Waals surface area (Å²) in [6.07, 6.45) is 0.966. The van der Waals surface area contributed by atoms with E-state index in [9.17, 15) is 0 Å². The zero-order chi connectivity index (χ0) is 8.97. The molecule has 1 aromatic carbocycles. The molecule has 0 aliphatic heterocycles. The lowest BCUT2D eigenvalue weighted by Gasteiger charge is -2.05. The molecule has 0 aliphatic rings. The molecule has 0 amide bonds. The van der Waals surface area contributed by atoms with Gasteiger partial charge in [0.15, 0.2) is 0 Å². The largest absolute Gasteiger partial charge is 0.427 e. The van der Waals surface area contributed by atoms with Crippen LogP contribution in [0.15, 0.2) is 24.3 Å². The van der Waals surface area contributed by atoms with E-state index in [4.69, 9.17) is 9.79 Å². The van der Waals surface area contributed by atoms with Gasteiger partial charge in [-0.05, 0) is 24.1 Å². The van der Waals surface area contributed by atoms with Crippen LogP contribution >= 0.6 is 8.60 Å². The van der Waals surface area contributed by atoms with Crippen molar-refractivity contribution in [2.45, 2.75) is 13.3 Å². The molecule has 2 N–H and O–H groups in total. The third-order valence-electron chi connectivity index (χ3n) is 1.52. The van der Waals surface area contributed by atoms with Crippen molar-refractivity contribution < 1.29 is 14.3 Å². The van der Waals surface area contributed by atoms with Crippen LogP contribution in [-0.2, 0) is 6.42 Å². The third kappa shape index (κ3) is 2.78. The minimum Gasteiger partial charge on any atom is -0.427 e. The Balaban J connectivity index is 2.65. The van der Waals surface area contributed by atoms with Crippen LogP contribution in [0, 0.1) is 0 Å². The van der Waals surface area contributed by atoms with Gasteiger partial charge in [0.25, 0.3) is 0 Å². The van der Waals surface area contributed by atoms with E-state index in [1.54, 1.807) is 12.1 Å². The summed E-state index contributed by atoms with van der Waals surface area (Å²) in [6, 6.07) is 7.24. The number of hydrogen-bond donors (Lipinski definition) is 2. The third-order valence-corrected chi connectivity index (χ3v) is 1.89. The lowest BCUT2D eigenvalue weighted by molar-refractivity contribution is 0.375. The molecule has 0 aromatic heterocycles. The van der Waals surface area contributed by atoms with Crippen molar-refractivity contribution in [3.05, 3.63) is 29.8 Å². The number of benzene rings is 1. The van der Waals surface area contributed by atoms with Crippen LogP contribution < -0.4 is 4.52 Å². The molecule has 1 rings (SSSR count). The number of aryl methyl sites for hydroxylation is 1. The molecule has 0 spiro atoms. The van der Waals surface area contributed by atoms with E-state index in [0.29, 0.717) is 5.75 Å². The van der Waals surface area contributed by atoms with Gasteiger partial charge in [0, 0.05) is 0 Å². The molecule has 0 radical (unpaired) electrons. The quantitative estimate of drug-likeness (QED) is 0.708. The topological polar surface area (TPSA) is 49.7 Å².